The fourth-order valence-corrected chi connectivity index (χ4v) is 1.39. The normalized spacial score (nSPS) is 24.2. The monoisotopic (exact) mass is 292 g/mol. The summed E-state index contributed by atoms with van der Waals surface area (Å²) in [6.45, 7) is 4.97. The number of ether oxygens (including phenoxy) is 1. The van der Waals surface area contributed by atoms with Crippen molar-refractivity contribution in [2.75, 3.05) is 6.54 Å². The molecule has 2 aliphatic rings. The van der Waals surface area contributed by atoms with E-state index in [9.17, 15) is 0 Å². The second kappa shape index (κ2) is 4.13. The Kier molecular flexibility index (Phi) is 3.35. The minimum atomic E-state index is -0.0276. The molecule has 0 aromatic carbocycles. The topological polar surface area (TPSA) is 24.8 Å². The van der Waals surface area contributed by atoms with Gasteiger partial charge in [0, 0.05) is 12.7 Å². The first-order valence-electron chi connectivity index (χ1n) is 4.21. The van der Waals surface area contributed by atoms with Crippen LogP contribution in [0.4, 0.5) is 0 Å². The second-order valence-electron chi connectivity index (χ2n) is 2.83. The van der Waals surface area contributed by atoms with E-state index in [4.69, 9.17) is 4.74 Å². The summed E-state index contributed by atoms with van der Waals surface area (Å²) in [5, 5.41) is 0. The Morgan fingerprint density at radius 3 is 3.08 bits per heavy atom. The van der Waals surface area contributed by atoms with Crippen molar-refractivity contribution in [1.29, 1.82) is 0 Å². The predicted molar refractivity (Wildman–Crippen MR) is 63.0 cm³/mol. The highest BCUT2D eigenvalue weighted by atomic mass is 127. The molecule has 2 heterocycles. The molecule has 0 radical (unpaired) electrons. The number of amidine groups is 1. The van der Waals surface area contributed by atoms with E-state index in [1.54, 1.807) is 0 Å². The Morgan fingerprint density at radius 1 is 1.62 bits per heavy atom. The molecule has 3 nitrogen and oxygen atoms in total. The molecule has 72 valence electrons. The molecule has 0 saturated heterocycles. The van der Waals surface area contributed by atoms with E-state index >= 15 is 0 Å². The number of fused-ring (bicyclic) bond motifs is 1. The van der Waals surface area contributed by atoms with Crippen LogP contribution in [0, 0.1) is 0 Å². The lowest BCUT2D eigenvalue weighted by molar-refractivity contribution is 0.172. The third-order valence-corrected chi connectivity index (χ3v) is 1.95. The van der Waals surface area contributed by atoms with Gasteiger partial charge in [-0.1, -0.05) is 0 Å². The quantitative estimate of drug-likeness (QED) is 0.692. The summed E-state index contributed by atoms with van der Waals surface area (Å²) in [5.41, 5.74) is 0. The molecule has 0 saturated carbocycles. The van der Waals surface area contributed by atoms with Crippen molar-refractivity contribution >= 4 is 29.8 Å². The van der Waals surface area contributed by atoms with E-state index in [2.05, 4.69) is 16.8 Å². The van der Waals surface area contributed by atoms with Crippen molar-refractivity contribution in [1.82, 2.24) is 4.90 Å². The van der Waals surface area contributed by atoms with Gasteiger partial charge in [-0.15, -0.1) is 24.0 Å². The maximum Gasteiger partial charge on any atom is 0.189 e. The standard InChI is InChI=1S/C9H12N2O.HI/c1-3-11-6-4-5-8-9(11)10-7(2)12-8;/h4-7H,3H2,1-2H3;1H. The van der Waals surface area contributed by atoms with Crippen LogP contribution in [0.5, 0.6) is 0 Å². The molecule has 0 amide bonds. The summed E-state index contributed by atoms with van der Waals surface area (Å²) in [5.74, 6) is 1.86. The van der Waals surface area contributed by atoms with Crippen LogP contribution in [-0.4, -0.2) is 23.5 Å². The highest BCUT2D eigenvalue weighted by molar-refractivity contribution is 14.0. The predicted octanol–water partition coefficient (Wildman–Crippen LogP) is 2.11. The largest absolute Gasteiger partial charge is 0.465 e. The molecule has 1 atom stereocenters. The lowest BCUT2D eigenvalue weighted by Crippen LogP contribution is -2.27. The maximum absolute atomic E-state index is 5.46. The summed E-state index contributed by atoms with van der Waals surface area (Å²) in [6.07, 6.45) is 5.92. The number of allylic oxidation sites excluding steroid dienone is 2. The molecule has 0 fully saturated rings. The van der Waals surface area contributed by atoms with Crippen LogP contribution < -0.4 is 0 Å². The summed E-state index contributed by atoms with van der Waals surface area (Å²) in [4.78, 5) is 6.45. The van der Waals surface area contributed by atoms with Crippen LogP contribution in [0.3, 0.4) is 0 Å². The van der Waals surface area contributed by atoms with Gasteiger partial charge >= 0.3 is 0 Å². The Balaban J connectivity index is 0.000000845. The molecule has 0 aromatic rings. The fourth-order valence-electron chi connectivity index (χ4n) is 1.39. The zero-order valence-electron chi connectivity index (χ0n) is 7.73. The van der Waals surface area contributed by atoms with E-state index in [0.717, 1.165) is 18.1 Å². The highest BCUT2D eigenvalue weighted by Gasteiger charge is 2.24. The minimum Gasteiger partial charge on any atom is -0.465 e. The molecular weight excluding hydrogens is 279 g/mol. The van der Waals surface area contributed by atoms with Crippen LogP contribution >= 0.6 is 24.0 Å². The minimum absolute atomic E-state index is 0. The first-order chi connectivity index (χ1) is 5.81. The Morgan fingerprint density at radius 2 is 2.38 bits per heavy atom. The van der Waals surface area contributed by atoms with Crippen molar-refractivity contribution in [3.8, 4) is 0 Å². The SMILES string of the molecule is CCN1C=CC=C2OC(C)N=C21.I. The summed E-state index contributed by atoms with van der Waals surface area (Å²) < 4.78 is 5.46. The molecule has 13 heavy (non-hydrogen) atoms. The smallest absolute Gasteiger partial charge is 0.189 e. The van der Waals surface area contributed by atoms with Gasteiger partial charge < -0.3 is 9.64 Å². The van der Waals surface area contributed by atoms with Gasteiger partial charge in [-0.2, -0.15) is 0 Å². The average molecular weight is 292 g/mol. The molecule has 0 bridgehead atoms. The third-order valence-electron chi connectivity index (χ3n) is 1.95. The third kappa shape index (κ3) is 1.87. The highest BCUT2D eigenvalue weighted by Crippen LogP contribution is 2.21. The van der Waals surface area contributed by atoms with Gasteiger partial charge in [-0.25, -0.2) is 4.99 Å². The summed E-state index contributed by atoms with van der Waals surface area (Å²) in [7, 11) is 0. The number of halogens is 1. The maximum atomic E-state index is 5.46. The second-order valence-corrected chi connectivity index (χ2v) is 2.83. The number of aliphatic imine (C=N–C) groups is 1. The van der Waals surface area contributed by atoms with Gasteiger partial charge in [0.1, 0.15) is 0 Å². The van der Waals surface area contributed by atoms with Gasteiger partial charge in [-0.05, 0) is 26.0 Å². The van der Waals surface area contributed by atoms with Crippen molar-refractivity contribution in [2.45, 2.75) is 20.1 Å². The number of hydrogen-bond donors (Lipinski definition) is 0. The van der Waals surface area contributed by atoms with Crippen LogP contribution in [-0.2, 0) is 4.74 Å². The number of rotatable bonds is 1. The van der Waals surface area contributed by atoms with Gasteiger partial charge in [0.25, 0.3) is 0 Å². The van der Waals surface area contributed by atoms with Gasteiger partial charge in [0.15, 0.2) is 17.8 Å². The van der Waals surface area contributed by atoms with Crippen molar-refractivity contribution in [2.24, 2.45) is 4.99 Å². The molecule has 0 aliphatic carbocycles. The lowest BCUT2D eigenvalue weighted by Gasteiger charge is -2.19. The number of likely N-dealkylation sites (N-methyl/N-ethyl adjacent to an activating group) is 1. The van der Waals surface area contributed by atoms with E-state index in [-0.39, 0.29) is 30.2 Å². The van der Waals surface area contributed by atoms with Crippen molar-refractivity contribution in [3.05, 3.63) is 24.1 Å². The Bertz CT molecular complexity index is 283. The number of nitrogens with zero attached hydrogens (tertiary/aromatic N) is 2. The van der Waals surface area contributed by atoms with Gasteiger partial charge in [-0.3, -0.25) is 0 Å². The first kappa shape index (κ1) is 10.6. The summed E-state index contributed by atoms with van der Waals surface area (Å²) >= 11 is 0. The Labute approximate surface area is 95.2 Å². The molecule has 1 unspecified atom stereocenters. The molecule has 0 aromatic heterocycles. The molecule has 0 spiro atoms. The summed E-state index contributed by atoms with van der Waals surface area (Å²) in [6, 6.07) is 0. The van der Waals surface area contributed by atoms with Crippen LogP contribution in [0.25, 0.3) is 0 Å². The molecule has 4 heteroatoms. The molecule has 0 N–H and O–H groups in total. The van der Waals surface area contributed by atoms with E-state index in [1.807, 2.05) is 25.3 Å². The zero-order chi connectivity index (χ0) is 8.55. The molecule has 2 aliphatic heterocycles. The van der Waals surface area contributed by atoms with E-state index < -0.39 is 0 Å². The van der Waals surface area contributed by atoms with E-state index in [0.29, 0.717) is 0 Å². The molecular formula is C9H13IN2O. The number of hydrogen-bond acceptors (Lipinski definition) is 3. The van der Waals surface area contributed by atoms with E-state index in [1.165, 1.54) is 0 Å². The average Bonchev–Trinajstić information content (AvgIpc) is 2.44. The van der Waals surface area contributed by atoms with Gasteiger partial charge in [0.2, 0.25) is 0 Å². The zero-order valence-corrected chi connectivity index (χ0v) is 10.1. The van der Waals surface area contributed by atoms with Crippen molar-refractivity contribution < 1.29 is 4.74 Å². The Hall–Kier alpha value is -0.520. The fraction of sp³-hybridized carbons (Fsp3) is 0.444. The van der Waals surface area contributed by atoms with Gasteiger partial charge in [0.05, 0.1) is 0 Å². The van der Waals surface area contributed by atoms with Crippen LogP contribution in [0.15, 0.2) is 29.1 Å². The van der Waals surface area contributed by atoms with Crippen molar-refractivity contribution in [3.63, 3.8) is 0 Å². The first-order valence-corrected chi connectivity index (χ1v) is 4.21. The van der Waals surface area contributed by atoms with Crippen LogP contribution in [0.1, 0.15) is 13.8 Å². The van der Waals surface area contributed by atoms with Crippen LogP contribution in [0.2, 0.25) is 0 Å². The lowest BCUT2D eigenvalue weighted by atomic mass is 10.3. The molecule has 2 rings (SSSR count).